The molecule has 2 heterocycles. The Morgan fingerprint density at radius 3 is 2.19 bits per heavy atom. The molecule has 2 aromatic rings. The minimum atomic E-state index is -0.271. The Kier molecular flexibility index (Phi) is 4.15. The van der Waals surface area contributed by atoms with Gasteiger partial charge in [-0.05, 0) is 30.4 Å². The summed E-state index contributed by atoms with van der Waals surface area (Å²) in [5, 5.41) is 0. The normalized spacial score (nSPS) is 14.8. The molecule has 21 heavy (non-hydrogen) atoms. The van der Waals surface area contributed by atoms with Crippen molar-refractivity contribution in [2.75, 3.05) is 13.1 Å². The molecule has 1 aromatic carbocycles. The summed E-state index contributed by atoms with van der Waals surface area (Å²) in [7, 11) is 0. The summed E-state index contributed by atoms with van der Waals surface area (Å²) in [5.41, 5.74) is 2.24. The highest BCUT2D eigenvalue weighted by atomic mass is 16.7. The largest absolute Gasteiger partial charge is 0.478 e. The third-order valence-corrected chi connectivity index (χ3v) is 3.71. The first kappa shape index (κ1) is 13.6. The van der Waals surface area contributed by atoms with E-state index >= 15 is 0 Å². The zero-order chi connectivity index (χ0) is 14.5. The number of hydrogen-bond acceptors (Lipinski definition) is 2. The fourth-order valence-electron chi connectivity index (χ4n) is 2.52. The van der Waals surface area contributed by atoms with E-state index in [0.717, 1.165) is 37.1 Å². The average molecular weight is 283 g/mol. The minimum absolute atomic E-state index is 0.271. The topological polar surface area (TPSA) is 33.4 Å². The van der Waals surface area contributed by atoms with E-state index in [0.29, 0.717) is 0 Å². The van der Waals surface area contributed by atoms with Gasteiger partial charge < -0.3 is 4.90 Å². The quantitative estimate of drug-likeness (QED) is 0.794. The van der Waals surface area contributed by atoms with E-state index in [1.165, 1.54) is 11.2 Å². The molecule has 1 fully saturated rings. The van der Waals surface area contributed by atoms with Gasteiger partial charge in [-0.1, -0.05) is 30.3 Å². The summed E-state index contributed by atoms with van der Waals surface area (Å²) in [5.74, 6) is 0. The fourth-order valence-corrected chi connectivity index (χ4v) is 2.52. The average Bonchev–Trinajstić information content (AvgIpc) is 2.57. The number of hydrogen-bond donors (Lipinski definition) is 0. The van der Waals surface area contributed by atoms with Crippen LogP contribution in [-0.4, -0.2) is 24.1 Å². The van der Waals surface area contributed by atoms with Crippen molar-refractivity contribution in [1.82, 2.24) is 4.90 Å². The zero-order valence-corrected chi connectivity index (χ0v) is 11.9. The maximum absolute atomic E-state index is 12.0. The van der Waals surface area contributed by atoms with E-state index in [-0.39, 0.29) is 6.09 Å². The number of carbonyl (C=O) groups excluding carboxylic acids is 1. The first-order chi connectivity index (χ1) is 10.3. The summed E-state index contributed by atoms with van der Waals surface area (Å²) in [6.07, 6.45) is 6.59. The Bertz CT molecular complexity index is 590. The van der Waals surface area contributed by atoms with Crippen LogP contribution in [0, 0.1) is 0 Å². The molecule has 0 bridgehead atoms. The lowest BCUT2D eigenvalue weighted by molar-refractivity contribution is -0.869. The van der Waals surface area contributed by atoms with Crippen molar-refractivity contribution in [2.45, 2.75) is 19.3 Å². The molecule has 108 valence electrons. The molecule has 1 aromatic heterocycles. The SMILES string of the molecule is O=C(O[n+]1ccc(-c2ccccc2)cc1)N1CCCCC1. The summed E-state index contributed by atoms with van der Waals surface area (Å²) in [4.78, 5) is 19.1. The smallest absolute Gasteiger partial charge is 0.303 e. The molecule has 0 N–H and O–H groups in total. The Morgan fingerprint density at radius 1 is 0.905 bits per heavy atom. The van der Waals surface area contributed by atoms with Gasteiger partial charge in [-0.3, -0.25) is 0 Å². The number of likely N-dealkylation sites (tertiary alicyclic amines) is 1. The minimum Gasteiger partial charge on any atom is -0.303 e. The molecule has 1 amide bonds. The molecule has 0 saturated carbocycles. The van der Waals surface area contributed by atoms with Crippen LogP contribution in [0.25, 0.3) is 11.1 Å². The van der Waals surface area contributed by atoms with Crippen LogP contribution in [0.3, 0.4) is 0 Å². The Morgan fingerprint density at radius 2 is 1.52 bits per heavy atom. The van der Waals surface area contributed by atoms with E-state index in [9.17, 15) is 4.79 Å². The van der Waals surface area contributed by atoms with Crippen LogP contribution < -0.4 is 9.57 Å². The molecular formula is C17H19N2O2+. The van der Waals surface area contributed by atoms with E-state index in [1.807, 2.05) is 30.3 Å². The van der Waals surface area contributed by atoms with Gasteiger partial charge in [0.1, 0.15) is 0 Å². The summed E-state index contributed by atoms with van der Waals surface area (Å²) in [6.45, 7) is 1.59. The summed E-state index contributed by atoms with van der Waals surface area (Å²) < 4.78 is 1.46. The number of benzene rings is 1. The van der Waals surface area contributed by atoms with Gasteiger partial charge in [0.15, 0.2) is 0 Å². The van der Waals surface area contributed by atoms with Crippen molar-refractivity contribution in [2.24, 2.45) is 0 Å². The molecule has 0 unspecified atom stereocenters. The van der Waals surface area contributed by atoms with E-state index in [2.05, 4.69) is 12.1 Å². The maximum atomic E-state index is 12.0. The van der Waals surface area contributed by atoms with Crippen LogP contribution in [-0.2, 0) is 0 Å². The monoisotopic (exact) mass is 283 g/mol. The van der Waals surface area contributed by atoms with E-state index in [4.69, 9.17) is 4.84 Å². The predicted octanol–water partition coefficient (Wildman–Crippen LogP) is 2.68. The number of carbonyl (C=O) groups is 1. The van der Waals surface area contributed by atoms with Gasteiger partial charge in [0, 0.05) is 30.0 Å². The maximum Gasteiger partial charge on any atom is 0.478 e. The highest BCUT2D eigenvalue weighted by molar-refractivity contribution is 5.67. The molecule has 0 radical (unpaired) electrons. The van der Waals surface area contributed by atoms with Gasteiger partial charge in [-0.2, -0.15) is 4.84 Å². The second-order valence-corrected chi connectivity index (χ2v) is 5.22. The van der Waals surface area contributed by atoms with Crippen LogP contribution in [0.4, 0.5) is 4.79 Å². The molecule has 0 atom stereocenters. The highest BCUT2D eigenvalue weighted by Gasteiger charge is 2.21. The Balaban J connectivity index is 1.65. The predicted molar refractivity (Wildman–Crippen MR) is 79.5 cm³/mol. The molecule has 4 nitrogen and oxygen atoms in total. The van der Waals surface area contributed by atoms with Gasteiger partial charge in [0.05, 0.1) is 0 Å². The third-order valence-electron chi connectivity index (χ3n) is 3.71. The highest BCUT2D eigenvalue weighted by Crippen LogP contribution is 2.16. The molecule has 1 aliphatic rings. The number of nitrogens with zero attached hydrogens (tertiary/aromatic N) is 2. The molecule has 4 heteroatoms. The zero-order valence-electron chi connectivity index (χ0n) is 11.9. The van der Waals surface area contributed by atoms with Crippen LogP contribution in [0.15, 0.2) is 54.9 Å². The van der Waals surface area contributed by atoms with Gasteiger partial charge >= 0.3 is 6.09 Å². The van der Waals surface area contributed by atoms with Crippen molar-refractivity contribution in [1.29, 1.82) is 0 Å². The number of piperidine rings is 1. The number of amides is 1. The lowest BCUT2D eigenvalue weighted by Crippen LogP contribution is -2.51. The first-order valence-corrected chi connectivity index (χ1v) is 7.37. The fraction of sp³-hybridized carbons (Fsp3) is 0.294. The van der Waals surface area contributed by atoms with Crippen LogP contribution in [0.1, 0.15) is 19.3 Å². The van der Waals surface area contributed by atoms with Gasteiger partial charge in [0.25, 0.3) is 0 Å². The Hall–Kier alpha value is -2.36. The molecule has 0 spiro atoms. The van der Waals surface area contributed by atoms with Crippen LogP contribution in [0.5, 0.6) is 0 Å². The number of aromatic nitrogens is 1. The van der Waals surface area contributed by atoms with Crippen molar-refractivity contribution in [3.8, 4) is 11.1 Å². The van der Waals surface area contributed by atoms with Crippen molar-refractivity contribution in [3.05, 3.63) is 54.9 Å². The van der Waals surface area contributed by atoms with Crippen molar-refractivity contribution in [3.63, 3.8) is 0 Å². The standard InChI is InChI=1S/C17H19N2O2/c20-17(18-11-5-2-6-12-18)21-19-13-9-16(10-14-19)15-7-3-1-4-8-15/h1,3-4,7-10,13-14H,2,5-6,11-12H2/q+1. The second kappa shape index (κ2) is 6.39. The summed E-state index contributed by atoms with van der Waals surface area (Å²) >= 11 is 0. The van der Waals surface area contributed by atoms with Gasteiger partial charge in [-0.15, -0.1) is 0 Å². The number of pyridine rings is 1. The molecular weight excluding hydrogens is 264 g/mol. The first-order valence-electron chi connectivity index (χ1n) is 7.37. The Labute approximate surface area is 124 Å². The van der Waals surface area contributed by atoms with Crippen molar-refractivity contribution >= 4 is 6.09 Å². The van der Waals surface area contributed by atoms with Crippen LogP contribution in [0.2, 0.25) is 0 Å². The summed E-state index contributed by atoms with van der Waals surface area (Å²) in [6, 6.07) is 14.0. The number of rotatable bonds is 2. The lowest BCUT2D eigenvalue weighted by Gasteiger charge is -2.23. The van der Waals surface area contributed by atoms with Gasteiger partial charge in [0.2, 0.25) is 12.4 Å². The van der Waals surface area contributed by atoms with Crippen LogP contribution >= 0.6 is 0 Å². The molecule has 0 aliphatic carbocycles. The van der Waals surface area contributed by atoms with E-state index < -0.39 is 0 Å². The second-order valence-electron chi connectivity index (χ2n) is 5.22. The van der Waals surface area contributed by atoms with Crippen molar-refractivity contribution < 1.29 is 14.4 Å². The van der Waals surface area contributed by atoms with E-state index in [1.54, 1.807) is 17.3 Å². The third kappa shape index (κ3) is 3.40. The lowest BCUT2D eigenvalue weighted by atomic mass is 10.1. The van der Waals surface area contributed by atoms with Gasteiger partial charge in [-0.25, -0.2) is 4.79 Å². The molecule has 3 rings (SSSR count). The molecule has 1 aliphatic heterocycles. The molecule has 1 saturated heterocycles.